The average Bonchev–Trinajstić information content (AvgIpc) is 2.54. The molecule has 30 heavy (non-hydrogen) atoms. The number of alkyl halides is 12. The van der Waals surface area contributed by atoms with Gasteiger partial charge in [0.2, 0.25) is 0 Å². The van der Waals surface area contributed by atoms with E-state index >= 15 is 0 Å². The van der Waals surface area contributed by atoms with E-state index in [1.165, 1.54) is 13.8 Å². The van der Waals surface area contributed by atoms with E-state index in [1.54, 1.807) is 0 Å². The van der Waals surface area contributed by atoms with E-state index in [1.807, 2.05) is 0 Å². The van der Waals surface area contributed by atoms with Crippen LogP contribution in [0.4, 0.5) is 52.7 Å². The first kappa shape index (κ1) is 26.4. The number of benzene rings is 1. The summed E-state index contributed by atoms with van der Waals surface area (Å²) >= 11 is 0. The maximum absolute atomic E-state index is 13.4. The predicted molar refractivity (Wildman–Crippen MR) is 84.1 cm³/mol. The van der Waals surface area contributed by atoms with Crippen molar-refractivity contribution in [2.75, 3.05) is 0 Å². The molecule has 0 amide bonds. The van der Waals surface area contributed by atoms with Crippen LogP contribution < -0.4 is 0 Å². The van der Waals surface area contributed by atoms with E-state index in [9.17, 15) is 52.7 Å². The molecular weight excluding hydrogens is 444 g/mol. The topological polar surface area (TPSA) is 0 Å². The molecule has 0 aliphatic carbocycles. The van der Waals surface area contributed by atoms with Gasteiger partial charge in [0.15, 0.2) is 10.8 Å². The van der Waals surface area contributed by atoms with Crippen molar-refractivity contribution in [3.8, 4) is 0 Å². The minimum Gasteiger partial charge on any atom is -0.170 e. The van der Waals surface area contributed by atoms with Gasteiger partial charge in [0, 0.05) is 0 Å². The molecule has 1 unspecified atom stereocenters. The molecule has 0 aromatic heterocycles. The minimum absolute atomic E-state index is 0.0480. The maximum atomic E-state index is 13.4. The standard InChI is InChI=1S/C18H18F12/c1-5-9(2)10-6-11(13(3,15(19,20)21)16(22,23)24)8-12(7-10)14(4,17(25,26)27)18(28,29)30/h6-9H,5H2,1-4H3. The van der Waals surface area contributed by atoms with E-state index in [-0.39, 0.29) is 26.3 Å². The number of hydrogen-bond acceptors (Lipinski definition) is 0. The first-order chi connectivity index (χ1) is 13.1. The molecule has 174 valence electrons. The van der Waals surface area contributed by atoms with Crippen molar-refractivity contribution in [3.63, 3.8) is 0 Å². The highest BCUT2D eigenvalue weighted by Gasteiger charge is 2.71. The molecular formula is C18H18F12. The SMILES string of the molecule is CCC(C)c1cc(C(C)(C(F)(F)F)C(F)(F)F)cc(C(C)(C(F)(F)F)C(F)(F)F)c1. The summed E-state index contributed by atoms with van der Waals surface area (Å²) < 4.78 is 161. The van der Waals surface area contributed by atoms with Crippen LogP contribution >= 0.6 is 0 Å². The summed E-state index contributed by atoms with van der Waals surface area (Å²) in [4.78, 5) is 0. The molecule has 0 fully saturated rings. The fourth-order valence-corrected chi connectivity index (χ4v) is 2.73. The largest absolute Gasteiger partial charge is 0.406 e. The second-order valence-corrected chi connectivity index (χ2v) is 7.39. The Labute approximate surface area is 164 Å². The van der Waals surface area contributed by atoms with Crippen molar-refractivity contribution in [3.05, 3.63) is 34.9 Å². The van der Waals surface area contributed by atoms with Gasteiger partial charge >= 0.3 is 24.7 Å². The third-order valence-electron chi connectivity index (χ3n) is 5.56. The molecule has 1 aromatic rings. The van der Waals surface area contributed by atoms with Crippen molar-refractivity contribution < 1.29 is 52.7 Å². The van der Waals surface area contributed by atoms with Gasteiger partial charge in [-0.2, -0.15) is 52.7 Å². The van der Waals surface area contributed by atoms with E-state index in [4.69, 9.17) is 0 Å². The van der Waals surface area contributed by atoms with Gasteiger partial charge in [0.1, 0.15) is 0 Å². The molecule has 0 N–H and O–H groups in total. The monoisotopic (exact) mass is 462 g/mol. The van der Waals surface area contributed by atoms with Gasteiger partial charge < -0.3 is 0 Å². The zero-order valence-electron chi connectivity index (χ0n) is 16.1. The quantitative estimate of drug-likeness (QED) is 0.398. The highest BCUT2D eigenvalue weighted by molar-refractivity contribution is 5.43. The van der Waals surface area contributed by atoms with Crippen LogP contribution in [-0.2, 0) is 10.8 Å². The third kappa shape index (κ3) is 4.10. The lowest BCUT2D eigenvalue weighted by Gasteiger charge is -2.38. The molecule has 0 aliphatic heterocycles. The number of rotatable bonds is 4. The highest BCUT2D eigenvalue weighted by Crippen LogP contribution is 2.56. The Bertz CT molecular complexity index is 664. The van der Waals surface area contributed by atoms with Crippen LogP contribution in [0.3, 0.4) is 0 Å². The Morgan fingerprint density at radius 1 is 0.600 bits per heavy atom. The molecule has 0 saturated heterocycles. The van der Waals surface area contributed by atoms with Crippen molar-refractivity contribution in [1.82, 2.24) is 0 Å². The average molecular weight is 462 g/mol. The zero-order valence-corrected chi connectivity index (χ0v) is 16.1. The van der Waals surface area contributed by atoms with Gasteiger partial charge in [-0.3, -0.25) is 0 Å². The lowest BCUT2D eigenvalue weighted by molar-refractivity contribution is -0.298. The molecule has 0 saturated carbocycles. The van der Waals surface area contributed by atoms with Crippen LogP contribution in [0.2, 0.25) is 0 Å². The molecule has 0 heterocycles. The molecule has 1 atom stereocenters. The third-order valence-corrected chi connectivity index (χ3v) is 5.56. The molecule has 0 aliphatic rings. The van der Waals surface area contributed by atoms with Gasteiger partial charge in [-0.1, -0.05) is 32.0 Å². The summed E-state index contributed by atoms with van der Waals surface area (Å²) in [6.07, 6.45) is -24.1. The molecule has 0 bridgehead atoms. The summed E-state index contributed by atoms with van der Waals surface area (Å²) in [6.45, 7) is 2.06. The first-order valence-corrected chi connectivity index (χ1v) is 8.48. The molecule has 1 aromatic carbocycles. The van der Waals surface area contributed by atoms with Gasteiger partial charge in [0.25, 0.3) is 0 Å². The Kier molecular flexibility index (Phi) is 6.61. The Hall–Kier alpha value is -1.62. The fourth-order valence-electron chi connectivity index (χ4n) is 2.73. The van der Waals surface area contributed by atoms with Crippen LogP contribution in [0, 0.1) is 0 Å². The summed E-state index contributed by atoms with van der Waals surface area (Å²) in [5, 5.41) is 0. The summed E-state index contributed by atoms with van der Waals surface area (Å²) in [5.74, 6) is -0.903. The lowest BCUT2D eigenvalue weighted by atomic mass is 9.73. The zero-order chi connectivity index (χ0) is 24.1. The van der Waals surface area contributed by atoms with E-state index < -0.39 is 58.1 Å². The van der Waals surface area contributed by atoms with Crippen LogP contribution in [0.1, 0.15) is 56.7 Å². The highest BCUT2D eigenvalue weighted by atomic mass is 19.4. The Morgan fingerprint density at radius 3 is 1.07 bits per heavy atom. The van der Waals surface area contributed by atoms with Crippen molar-refractivity contribution >= 4 is 0 Å². The van der Waals surface area contributed by atoms with Crippen molar-refractivity contribution in [2.24, 2.45) is 0 Å². The van der Waals surface area contributed by atoms with E-state index in [2.05, 4.69) is 0 Å². The van der Waals surface area contributed by atoms with Crippen LogP contribution in [0.25, 0.3) is 0 Å². The van der Waals surface area contributed by atoms with Crippen molar-refractivity contribution in [2.45, 2.75) is 75.6 Å². The van der Waals surface area contributed by atoms with Crippen LogP contribution in [0.15, 0.2) is 18.2 Å². The van der Waals surface area contributed by atoms with Crippen LogP contribution in [0.5, 0.6) is 0 Å². The Balaban J connectivity index is 4.13. The summed E-state index contributed by atoms with van der Waals surface area (Å²) in [5.41, 5.74) is -13.3. The summed E-state index contributed by atoms with van der Waals surface area (Å²) in [7, 11) is 0. The Morgan fingerprint density at radius 2 is 0.867 bits per heavy atom. The van der Waals surface area contributed by atoms with E-state index in [0.29, 0.717) is 12.1 Å². The van der Waals surface area contributed by atoms with Gasteiger partial charge in [-0.05, 0) is 42.9 Å². The predicted octanol–water partition coefficient (Wildman–Crippen LogP) is 7.96. The number of hydrogen-bond donors (Lipinski definition) is 0. The van der Waals surface area contributed by atoms with Crippen molar-refractivity contribution in [1.29, 1.82) is 0 Å². The minimum atomic E-state index is -6.04. The molecule has 0 nitrogen and oxygen atoms in total. The molecule has 0 spiro atoms. The van der Waals surface area contributed by atoms with Gasteiger partial charge in [-0.15, -0.1) is 0 Å². The van der Waals surface area contributed by atoms with Crippen LogP contribution in [-0.4, -0.2) is 24.7 Å². The maximum Gasteiger partial charge on any atom is 0.406 e. The molecule has 12 heteroatoms. The van der Waals surface area contributed by atoms with E-state index in [0.717, 1.165) is 0 Å². The summed E-state index contributed by atoms with van der Waals surface area (Å²) in [6, 6.07) is 0.436. The smallest absolute Gasteiger partial charge is 0.170 e. The number of halogens is 12. The normalized spacial score (nSPS) is 16.0. The second kappa shape index (κ2) is 7.51. The molecule has 1 rings (SSSR count). The first-order valence-electron chi connectivity index (χ1n) is 8.48. The lowest BCUT2D eigenvalue weighted by Crippen LogP contribution is -2.53. The fraction of sp³-hybridized carbons (Fsp3) is 0.667. The molecule has 0 radical (unpaired) electrons. The second-order valence-electron chi connectivity index (χ2n) is 7.39. The van der Waals surface area contributed by atoms with Gasteiger partial charge in [-0.25, -0.2) is 0 Å². The van der Waals surface area contributed by atoms with Gasteiger partial charge in [0.05, 0.1) is 0 Å².